The molecule has 5 heteroatoms. The zero-order valence-corrected chi connectivity index (χ0v) is 12.7. The van der Waals surface area contributed by atoms with Crippen LogP contribution in [0.2, 0.25) is 0 Å². The number of amides is 1. The minimum atomic E-state index is -0.759. The largest absolute Gasteiger partial charge is 0.473 e. The third kappa shape index (κ3) is 1.49. The van der Waals surface area contributed by atoms with Gasteiger partial charge in [-0.15, -0.1) is 0 Å². The second kappa shape index (κ2) is 4.19. The fraction of sp³-hybridized carbons (Fsp3) is 0.278. The molecule has 5 nitrogen and oxygen atoms in total. The summed E-state index contributed by atoms with van der Waals surface area (Å²) in [6, 6.07) is 10.1. The van der Waals surface area contributed by atoms with Gasteiger partial charge >= 0.3 is 0 Å². The maximum atomic E-state index is 13.0. The van der Waals surface area contributed by atoms with Crippen LogP contribution in [0, 0.1) is 0 Å². The zero-order chi connectivity index (χ0) is 15.6. The number of aliphatic imine (C=N–C) groups is 1. The molecule has 1 aromatic carbocycles. The molecule has 1 spiro atoms. The number of rotatable bonds is 0. The van der Waals surface area contributed by atoms with Crippen LogP contribution in [0.5, 0.6) is 5.88 Å². The molecular weight excluding hydrogens is 290 g/mol. The van der Waals surface area contributed by atoms with Crippen molar-refractivity contribution in [2.75, 3.05) is 7.05 Å². The second-order valence-corrected chi connectivity index (χ2v) is 6.25. The number of benzene rings is 1. The van der Waals surface area contributed by atoms with E-state index in [4.69, 9.17) is 9.72 Å². The van der Waals surface area contributed by atoms with Gasteiger partial charge in [-0.25, -0.2) is 4.98 Å². The van der Waals surface area contributed by atoms with Gasteiger partial charge in [-0.2, -0.15) is 4.99 Å². The highest BCUT2D eigenvalue weighted by Gasteiger charge is 2.52. The van der Waals surface area contributed by atoms with Crippen LogP contribution in [0.3, 0.4) is 0 Å². The number of nitrogens with one attached hydrogen (secondary N) is 1. The quantitative estimate of drug-likeness (QED) is 0.805. The van der Waals surface area contributed by atoms with E-state index < -0.39 is 5.41 Å². The number of carbonyl (C=O) groups is 1. The molecule has 2 aliphatic heterocycles. The van der Waals surface area contributed by atoms with Crippen molar-refractivity contribution in [2.24, 2.45) is 4.99 Å². The van der Waals surface area contributed by atoms with E-state index in [1.54, 1.807) is 7.05 Å². The molecule has 4 bridgehead atoms. The molecule has 1 aliphatic carbocycles. The average molecular weight is 305 g/mol. The second-order valence-electron chi connectivity index (χ2n) is 6.25. The summed E-state index contributed by atoms with van der Waals surface area (Å²) in [5, 5.41) is 3.02. The number of carbonyl (C=O) groups excluding carboxylic acids is 1. The first-order valence-corrected chi connectivity index (χ1v) is 7.80. The number of aromatic nitrogens is 1. The molecule has 0 fully saturated rings. The third-order valence-electron chi connectivity index (χ3n) is 5.13. The maximum Gasteiger partial charge on any atom is 0.264 e. The lowest BCUT2D eigenvalue weighted by atomic mass is 9.74. The van der Waals surface area contributed by atoms with Gasteiger partial charge in [0.1, 0.15) is 17.9 Å². The number of fused-ring (bicyclic) bond motifs is 2. The first-order chi connectivity index (χ1) is 11.2. The Labute approximate surface area is 133 Å². The van der Waals surface area contributed by atoms with Crippen molar-refractivity contribution in [3.63, 3.8) is 0 Å². The lowest BCUT2D eigenvalue weighted by Crippen LogP contribution is -2.42. The minimum absolute atomic E-state index is 0.128. The van der Waals surface area contributed by atoms with Gasteiger partial charge in [-0.1, -0.05) is 18.2 Å². The molecule has 1 amide bonds. The van der Waals surface area contributed by atoms with Crippen LogP contribution in [0.15, 0.2) is 35.3 Å². The Kier molecular flexibility index (Phi) is 2.33. The number of ether oxygens (including phenoxy) is 1. The maximum absolute atomic E-state index is 13.0. The van der Waals surface area contributed by atoms with Gasteiger partial charge in [-0.05, 0) is 35.6 Å². The fourth-order valence-electron chi connectivity index (χ4n) is 4.00. The SMILES string of the molecule is CNC1=NC(=O)C23CCc4ccc(cc42)COc2ccc1c3n2. The molecule has 2 aromatic rings. The van der Waals surface area contributed by atoms with Gasteiger partial charge < -0.3 is 10.1 Å². The molecule has 3 heterocycles. The Morgan fingerprint density at radius 1 is 1.26 bits per heavy atom. The lowest BCUT2D eigenvalue weighted by molar-refractivity contribution is -0.122. The number of pyridine rings is 1. The minimum Gasteiger partial charge on any atom is -0.473 e. The molecule has 1 aromatic heterocycles. The normalized spacial score (nSPS) is 23.3. The van der Waals surface area contributed by atoms with E-state index in [-0.39, 0.29) is 5.91 Å². The monoisotopic (exact) mass is 305 g/mol. The Morgan fingerprint density at radius 2 is 2.17 bits per heavy atom. The molecule has 114 valence electrons. The molecule has 0 saturated heterocycles. The van der Waals surface area contributed by atoms with Crippen molar-refractivity contribution in [3.05, 3.63) is 58.3 Å². The number of hydrogen-bond donors (Lipinski definition) is 1. The average Bonchev–Trinajstić information content (AvgIpc) is 2.96. The predicted molar refractivity (Wildman–Crippen MR) is 84.7 cm³/mol. The Hall–Kier alpha value is -2.69. The van der Waals surface area contributed by atoms with Crippen LogP contribution in [0.1, 0.15) is 34.4 Å². The summed E-state index contributed by atoms with van der Waals surface area (Å²) in [6.07, 6.45) is 1.59. The Bertz CT molecular complexity index is 903. The number of amidine groups is 1. The fourth-order valence-corrected chi connectivity index (χ4v) is 4.00. The van der Waals surface area contributed by atoms with E-state index in [1.807, 2.05) is 12.1 Å². The molecule has 1 atom stereocenters. The summed E-state index contributed by atoms with van der Waals surface area (Å²) >= 11 is 0. The molecule has 3 aliphatic rings. The van der Waals surface area contributed by atoms with E-state index in [9.17, 15) is 4.79 Å². The van der Waals surface area contributed by atoms with Crippen molar-refractivity contribution >= 4 is 11.7 Å². The van der Waals surface area contributed by atoms with Crippen LogP contribution >= 0.6 is 0 Å². The Balaban J connectivity index is 1.91. The molecule has 0 saturated carbocycles. The van der Waals surface area contributed by atoms with Gasteiger partial charge in [0.2, 0.25) is 5.88 Å². The highest BCUT2D eigenvalue weighted by molar-refractivity contribution is 6.13. The lowest BCUT2D eigenvalue weighted by Gasteiger charge is -2.32. The molecule has 23 heavy (non-hydrogen) atoms. The van der Waals surface area contributed by atoms with Crippen molar-refractivity contribution in [2.45, 2.75) is 24.9 Å². The van der Waals surface area contributed by atoms with Crippen LogP contribution in [-0.2, 0) is 23.2 Å². The van der Waals surface area contributed by atoms with E-state index in [0.29, 0.717) is 24.7 Å². The van der Waals surface area contributed by atoms with Crippen molar-refractivity contribution in [1.82, 2.24) is 10.3 Å². The van der Waals surface area contributed by atoms with Crippen LogP contribution < -0.4 is 10.1 Å². The smallest absolute Gasteiger partial charge is 0.264 e. The van der Waals surface area contributed by atoms with Crippen molar-refractivity contribution < 1.29 is 9.53 Å². The summed E-state index contributed by atoms with van der Waals surface area (Å²) in [5.41, 5.74) is 4.23. The number of aryl methyl sites for hydroxylation is 1. The van der Waals surface area contributed by atoms with Gasteiger partial charge in [0.25, 0.3) is 5.91 Å². The summed E-state index contributed by atoms with van der Waals surface area (Å²) in [5.74, 6) is 1.01. The topological polar surface area (TPSA) is 63.6 Å². The molecule has 0 radical (unpaired) electrons. The summed E-state index contributed by atoms with van der Waals surface area (Å²) in [6.45, 7) is 0.461. The number of hydrogen-bond acceptors (Lipinski definition) is 4. The summed E-state index contributed by atoms with van der Waals surface area (Å²) in [7, 11) is 1.77. The highest BCUT2D eigenvalue weighted by Crippen LogP contribution is 2.48. The highest BCUT2D eigenvalue weighted by atomic mass is 16.5. The Morgan fingerprint density at radius 3 is 3.04 bits per heavy atom. The van der Waals surface area contributed by atoms with Gasteiger partial charge in [0.15, 0.2) is 0 Å². The van der Waals surface area contributed by atoms with E-state index in [0.717, 1.165) is 28.8 Å². The molecule has 1 N–H and O–H groups in total. The first-order valence-electron chi connectivity index (χ1n) is 7.80. The zero-order valence-electron chi connectivity index (χ0n) is 12.7. The summed E-state index contributed by atoms with van der Waals surface area (Å²) in [4.78, 5) is 22.1. The summed E-state index contributed by atoms with van der Waals surface area (Å²) < 4.78 is 5.81. The number of nitrogens with zero attached hydrogens (tertiary/aromatic N) is 2. The van der Waals surface area contributed by atoms with E-state index in [1.165, 1.54) is 5.56 Å². The van der Waals surface area contributed by atoms with Crippen LogP contribution in [-0.4, -0.2) is 23.8 Å². The molecular formula is C18H15N3O2. The van der Waals surface area contributed by atoms with Crippen molar-refractivity contribution in [3.8, 4) is 5.88 Å². The van der Waals surface area contributed by atoms with E-state index in [2.05, 4.69) is 28.5 Å². The molecule has 1 unspecified atom stereocenters. The van der Waals surface area contributed by atoms with Gasteiger partial charge in [0.05, 0.1) is 5.69 Å². The van der Waals surface area contributed by atoms with E-state index >= 15 is 0 Å². The first kappa shape index (κ1) is 12.8. The molecule has 5 rings (SSSR count). The van der Waals surface area contributed by atoms with Crippen molar-refractivity contribution in [1.29, 1.82) is 0 Å². The third-order valence-corrected chi connectivity index (χ3v) is 5.13. The van der Waals surface area contributed by atoms with Gasteiger partial charge in [-0.3, -0.25) is 4.79 Å². The van der Waals surface area contributed by atoms with Crippen LogP contribution in [0.25, 0.3) is 0 Å². The van der Waals surface area contributed by atoms with Crippen LogP contribution in [0.4, 0.5) is 0 Å². The van der Waals surface area contributed by atoms with Gasteiger partial charge in [0, 0.05) is 18.7 Å². The predicted octanol–water partition coefficient (Wildman–Crippen LogP) is 1.71. The standard InChI is InChI=1S/C18H15N3O2/c1-19-16-12-4-5-14-20-15(12)18(17(22)21-16)7-6-11-3-2-10(9-23-14)8-13(11)18/h2-5,8H,6-7,9H2,1H3,(H,19,21,22).